The number of hydrogen-bond donors (Lipinski definition) is 2. The zero-order valence-corrected chi connectivity index (χ0v) is 15.3. The number of rotatable bonds is 5. The molecule has 23 heavy (non-hydrogen) atoms. The number of nitrogens with zero attached hydrogens (tertiary/aromatic N) is 2. The molecule has 0 saturated carbocycles. The molecule has 3 aliphatic heterocycles. The number of carbonyl (C=O) groups is 2. The number of piperazine rings is 1. The maximum Gasteiger partial charge on any atom is 0.243 e. The lowest BCUT2D eigenvalue weighted by atomic mass is 10.2. The Morgan fingerprint density at radius 3 is 2.91 bits per heavy atom. The Labute approximate surface area is 148 Å². The minimum atomic E-state index is -0.274. The summed E-state index contributed by atoms with van der Waals surface area (Å²) in [5.74, 6) is 0.881. The zero-order chi connectivity index (χ0) is 15.6. The van der Waals surface area contributed by atoms with E-state index >= 15 is 0 Å². The Morgan fingerprint density at radius 1 is 1.43 bits per heavy atom. The van der Waals surface area contributed by atoms with E-state index in [1.807, 2.05) is 4.90 Å². The first-order valence-electron chi connectivity index (χ1n) is 8.27. The van der Waals surface area contributed by atoms with Crippen molar-refractivity contribution >= 4 is 36.0 Å². The third-order valence-electron chi connectivity index (χ3n) is 4.91. The normalized spacial score (nSPS) is 30.9. The molecule has 3 aliphatic rings. The van der Waals surface area contributed by atoms with Gasteiger partial charge in [-0.3, -0.25) is 9.59 Å². The fourth-order valence-electron chi connectivity index (χ4n) is 3.58. The van der Waals surface area contributed by atoms with Crippen LogP contribution in [0.15, 0.2) is 0 Å². The molecule has 2 atom stereocenters. The smallest absolute Gasteiger partial charge is 0.243 e. The number of nitrogens with one attached hydrogen (secondary N) is 2. The summed E-state index contributed by atoms with van der Waals surface area (Å²) in [7, 11) is 0. The predicted molar refractivity (Wildman–Crippen MR) is 94.9 cm³/mol. The van der Waals surface area contributed by atoms with Gasteiger partial charge in [-0.05, 0) is 26.3 Å². The number of fused-ring (bicyclic) bond motifs is 1. The van der Waals surface area contributed by atoms with Crippen LogP contribution in [0.25, 0.3) is 0 Å². The fourth-order valence-corrected chi connectivity index (χ4v) is 5.01. The van der Waals surface area contributed by atoms with Gasteiger partial charge in [-0.1, -0.05) is 0 Å². The summed E-state index contributed by atoms with van der Waals surface area (Å²) in [5, 5.41) is 6.36. The molecule has 3 rings (SSSR count). The molecular formula is C15H27ClN4O2S. The average Bonchev–Trinajstić information content (AvgIpc) is 3.01. The second-order valence-electron chi connectivity index (χ2n) is 6.50. The van der Waals surface area contributed by atoms with Crippen LogP contribution in [0.4, 0.5) is 0 Å². The molecular weight excluding hydrogens is 336 g/mol. The van der Waals surface area contributed by atoms with E-state index < -0.39 is 0 Å². The van der Waals surface area contributed by atoms with Crippen LogP contribution >= 0.6 is 24.2 Å². The lowest BCUT2D eigenvalue weighted by molar-refractivity contribution is -0.137. The quantitative estimate of drug-likeness (QED) is 0.687. The highest BCUT2D eigenvalue weighted by Crippen LogP contribution is 2.47. The zero-order valence-electron chi connectivity index (χ0n) is 13.7. The van der Waals surface area contributed by atoms with Gasteiger partial charge >= 0.3 is 0 Å². The Balaban J connectivity index is 0.00000192. The van der Waals surface area contributed by atoms with Gasteiger partial charge in [0, 0.05) is 44.9 Å². The molecule has 3 saturated heterocycles. The van der Waals surface area contributed by atoms with Crippen LogP contribution in [0.5, 0.6) is 0 Å². The molecule has 6 nitrogen and oxygen atoms in total. The van der Waals surface area contributed by atoms with Crippen LogP contribution in [-0.2, 0) is 9.59 Å². The van der Waals surface area contributed by atoms with Crippen LogP contribution in [0.1, 0.15) is 26.2 Å². The number of halogens is 1. The van der Waals surface area contributed by atoms with Gasteiger partial charge in [-0.2, -0.15) is 0 Å². The molecule has 2 N–H and O–H groups in total. The summed E-state index contributed by atoms with van der Waals surface area (Å²) in [6, 6.07) is -0.274. The third kappa shape index (κ3) is 4.13. The van der Waals surface area contributed by atoms with Gasteiger partial charge in [0.25, 0.3) is 0 Å². The van der Waals surface area contributed by atoms with Crippen molar-refractivity contribution in [1.29, 1.82) is 0 Å². The highest BCUT2D eigenvalue weighted by Gasteiger charge is 2.52. The van der Waals surface area contributed by atoms with Crippen molar-refractivity contribution in [3.63, 3.8) is 0 Å². The third-order valence-corrected chi connectivity index (χ3v) is 6.41. The summed E-state index contributed by atoms with van der Waals surface area (Å²) < 4.78 is 0. The number of carbonyl (C=O) groups excluding carboxylic acids is 2. The fraction of sp³-hybridized carbons (Fsp3) is 0.867. The van der Waals surface area contributed by atoms with Crippen molar-refractivity contribution in [2.24, 2.45) is 0 Å². The molecule has 0 aromatic heterocycles. The molecule has 8 heteroatoms. The summed E-state index contributed by atoms with van der Waals surface area (Å²) in [6.45, 7) is 8.11. The van der Waals surface area contributed by atoms with Crippen molar-refractivity contribution in [3.05, 3.63) is 0 Å². The molecule has 0 aliphatic carbocycles. The van der Waals surface area contributed by atoms with E-state index in [9.17, 15) is 9.59 Å². The number of thioether (sulfide) groups is 1. The van der Waals surface area contributed by atoms with Gasteiger partial charge in [-0.25, -0.2) is 0 Å². The van der Waals surface area contributed by atoms with E-state index in [0.717, 1.165) is 51.3 Å². The van der Waals surface area contributed by atoms with Crippen LogP contribution in [0.3, 0.4) is 0 Å². The van der Waals surface area contributed by atoms with Crippen LogP contribution in [0, 0.1) is 0 Å². The Bertz CT molecular complexity index is 447. The maximum atomic E-state index is 12.4. The number of amides is 2. The van der Waals surface area contributed by atoms with Crippen molar-refractivity contribution < 1.29 is 9.59 Å². The average molecular weight is 363 g/mol. The van der Waals surface area contributed by atoms with E-state index in [1.54, 1.807) is 11.8 Å². The molecule has 132 valence electrons. The van der Waals surface area contributed by atoms with Crippen LogP contribution in [-0.4, -0.2) is 77.5 Å². The van der Waals surface area contributed by atoms with Crippen molar-refractivity contribution in [1.82, 2.24) is 20.4 Å². The first kappa shape index (κ1) is 18.8. The molecule has 0 spiro atoms. The molecule has 0 radical (unpaired) electrons. The van der Waals surface area contributed by atoms with Gasteiger partial charge in [0.05, 0.1) is 4.87 Å². The van der Waals surface area contributed by atoms with Crippen molar-refractivity contribution in [2.45, 2.75) is 37.1 Å². The second kappa shape index (κ2) is 8.05. The molecule has 0 aromatic rings. The van der Waals surface area contributed by atoms with Gasteiger partial charge < -0.3 is 20.4 Å². The van der Waals surface area contributed by atoms with Gasteiger partial charge in [0.15, 0.2) is 0 Å². The minimum Gasteiger partial charge on any atom is -0.354 e. The van der Waals surface area contributed by atoms with Crippen LogP contribution in [0.2, 0.25) is 0 Å². The highest BCUT2D eigenvalue weighted by atomic mass is 35.5. The standard InChI is InChI=1S/C15H26N4O2S.ClH/c1-15-4-3-13(20)19(15)12(11-22-15)14(21)17-5-2-8-18-9-6-16-7-10-18;/h12,16H,2-11H2,1H3,(H,17,21);1H. The van der Waals surface area contributed by atoms with Gasteiger partial charge in [0.1, 0.15) is 6.04 Å². The Kier molecular flexibility index (Phi) is 6.59. The predicted octanol–water partition coefficient (Wildman–Crippen LogP) is 0.274. The van der Waals surface area contributed by atoms with Gasteiger partial charge in [0.2, 0.25) is 11.8 Å². The first-order valence-corrected chi connectivity index (χ1v) is 9.26. The summed E-state index contributed by atoms with van der Waals surface area (Å²) >= 11 is 1.75. The molecule has 2 unspecified atom stereocenters. The highest BCUT2D eigenvalue weighted by molar-refractivity contribution is 8.01. The van der Waals surface area contributed by atoms with Crippen LogP contribution < -0.4 is 10.6 Å². The van der Waals surface area contributed by atoms with E-state index in [-0.39, 0.29) is 35.1 Å². The van der Waals surface area contributed by atoms with E-state index in [1.165, 1.54) is 0 Å². The number of hydrogen-bond acceptors (Lipinski definition) is 5. The van der Waals surface area contributed by atoms with E-state index in [2.05, 4.69) is 22.5 Å². The van der Waals surface area contributed by atoms with E-state index in [4.69, 9.17) is 0 Å². The Morgan fingerprint density at radius 2 is 2.17 bits per heavy atom. The minimum absolute atomic E-state index is 0. The van der Waals surface area contributed by atoms with Crippen molar-refractivity contribution in [2.75, 3.05) is 45.0 Å². The van der Waals surface area contributed by atoms with Gasteiger partial charge in [-0.15, -0.1) is 24.2 Å². The largest absolute Gasteiger partial charge is 0.354 e. The lowest BCUT2D eigenvalue weighted by Crippen LogP contribution is -2.50. The summed E-state index contributed by atoms with van der Waals surface area (Å²) in [6.07, 6.45) is 2.41. The lowest BCUT2D eigenvalue weighted by Gasteiger charge is -2.30. The summed E-state index contributed by atoms with van der Waals surface area (Å²) in [5.41, 5.74) is 0. The molecule has 2 amide bonds. The Hall–Kier alpha value is -0.500. The molecule has 0 aromatic carbocycles. The van der Waals surface area contributed by atoms with E-state index in [0.29, 0.717) is 13.0 Å². The SMILES string of the molecule is CC12CCC(=O)N1C(C(=O)NCCCN1CCNCC1)CS2.Cl. The second-order valence-corrected chi connectivity index (χ2v) is 8.00. The summed E-state index contributed by atoms with van der Waals surface area (Å²) in [4.78, 5) is 28.5. The van der Waals surface area contributed by atoms with Crippen molar-refractivity contribution in [3.8, 4) is 0 Å². The molecule has 0 bridgehead atoms. The first-order chi connectivity index (χ1) is 10.6. The topological polar surface area (TPSA) is 64.7 Å². The maximum absolute atomic E-state index is 12.4. The molecule has 3 fully saturated rings. The monoisotopic (exact) mass is 362 g/mol. The molecule has 3 heterocycles.